The van der Waals surface area contributed by atoms with Gasteiger partial charge in [-0.05, 0) is 10.1 Å². The summed E-state index contributed by atoms with van der Waals surface area (Å²) in [5.74, 6) is 0. The van der Waals surface area contributed by atoms with Crippen LogP contribution in [0, 0.1) is 0 Å². The molecule has 0 fully saturated rings. The summed E-state index contributed by atoms with van der Waals surface area (Å²) in [6.45, 7) is 0. The summed E-state index contributed by atoms with van der Waals surface area (Å²) in [5.41, 5.74) is 0. The number of rotatable bonds is 0. The van der Waals surface area contributed by atoms with Crippen LogP contribution in [0.1, 0.15) is 0 Å². The molecule has 0 aromatic rings. The molecule has 5 heavy (non-hydrogen) atoms. The molecule has 0 unspecified atom stereocenters. The summed E-state index contributed by atoms with van der Waals surface area (Å²) < 4.78 is 0. The van der Waals surface area contributed by atoms with E-state index in [2.05, 4.69) is 7.44 Å². The van der Waals surface area contributed by atoms with Crippen molar-refractivity contribution < 1.29 is 0 Å². The van der Waals surface area contributed by atoms with Crippen LogP contribution < -0.4 is 0 Å². The normalized spacial score (nSPS) is 1.60. The van der Waals surface area contributed by atoms with Crippen LogP contribution in [0.3, 0.4) is 0 Å². The van der Waals surface area contributed by atoms with E-state index in [4.69, 9.17) is 0 Å². The van der Waals surface area contributed by atoms with Crippen molar-refractivity contribution in [3.8, 4) is 0 Å². The second kappa shape index (κ2) is 33.1. The van der Waals surface area contributed by atoms with E-state index in [0.717, 1.165) is 0 Å². The first-order chi connectivity index (χ1) is 1.00. The van der Waals surface area contributed by atoms with Gasteiger partial charge in [0.15, 0.2) is 0 Å². The summed E-state index contributed by atoms with van der Waals surface area (Å²) in [6.07, 6.45) is 0. The molecule has 0 aliphatic rings. The molecule has 0 bridgehead atoms. The van der Waals surface area contributed by atoms with Crippen molar-refractivity contribution in [1.82, 2.24) is 0 Å². The van der Waals surface area contributed by atoms with E-state index < -0.39 is 0 Å². The Morgan fingerprint density at radius 3 is 1.20 bits per heavy atom. The third-order valence-electron chi connectivity index (χ3n) is 0. The van der Waals surface area contributed by atoms with E-state index in [-0.39, 0.29) is 63.2 Å². The molecule has 0 N–H and O–H groups in total. The van der Waals surface area contributed by atoms with Crippen molar-refractivity contribution >= 4 is 80.8 Å². The fourth-order valence-electron chi connectivity index (χ4n) is 0. The Morgan fingerprint density at radius 2 is 1.20 bits per heavy atom. The van der Waals surface area contributed by atoms with Gasteiger partial charge in [-0.2, -0.15) is 0 Å². The summed E-state index contributed by atoms with van der Waals surface area (Å²) in [4.78, 5) is 0. The van der Waals surface area contributed by atoms with Crippen molar-refractivity contribution in [3.63, 3.8) is 0 Å². The maximum atomic E-state index is 2.14. The topological polar surface area (TPSA) is 0 Å². The summed E-state index contributed by atoms with van der Waals surface area (Å²) in [5, 5.41) is 0. The van der Waals surface area contributed by atoms with Crippen LogP contribution in [0.15, 0.2) is 0 Å². The predicted octanol–water partition coefficient (Wildman–Crippen LogP) is -5.92. The van der Waals surface area contributed by atoms with Gasteiger partial charge in [0, 0.05) is 0 Å². The van der Waals surface area contributed by atoms with E-state index in [1.54, 1.807) is 0 Å². The van der Waals surface area contributed by atoms with Crippen LogP contribution in [0.4, 0.5) is 0 Å². The van der Waals surface area contributed by atoms with Gasteiger partial charge in [0.1, 0.15) is 0 Å². The van der Waals surface area contributed by atoms with Crippen LogP contribution in [-0.4, -0.2) is 80.8 Å². The molecule has 0 nitrogen and oxygen atoms in total. The third kappa shape index (κ3) is 21.9. The SMILES string of the molecule is B[SiH3].[GaH3].[GeH4].[InH3]. The predicted molar refractivity (Wildman–Crippen MR) is 49.7 cm³/mol. The molecule has 0 spiro atoms. The molecule has 0 aromatic carbocycles. The number of hydrogen-bond donors (Lipinski definition) is 0. The Labute approximate surface area is 79.8 Å². The second-order valence-electron chi connectivity index (χ2n) is 0. The Bertz CT molecular complexity index is 11.6. The van der Waals surface area contributed by atoms with E-state index in [1.165, 1.54) is 10.1 Å². The first kappa shape index (κ1) is 26.5. The van der Waals surface area contributed by atoms with Gasteiger partial charge in [0.2, 0.25) is 0 Å². The zero-order chi connectivity index (χ0) is 2.00. The minimum absolute atomic E-state index is 0. The number of hydrogen-bond acceptors (Lipinski definition) is 0. The van der Waals surface area contributed by atoms with E-state index in [1.807, 2.05) is 0 Å². The van der Waals surface area contributed by atoms with Gasteiger partial charge in [-0.1, -0.05) is 0 Å². The van der Waals surface area contributed by atoms with Crippen LogP contribution in [0.25, 0.3) is 0 Å². The summed E-state index contributed by atoms with van der Waals surface area (Å²) in [7, 11) is 3.44. The Kier molecular flexibility index (Phi) is 175. The van der Waals surface area contributed by atoms with Gasteiger partial charge in [-0.3, -0.25) is 0 Å². The average molecular weight is 311 g/mol. The fourth-order valence-corrected chi connectivity index (χ4v) is 0. The van der Waals surface area contributed by atoms with Gasteiger partial charge in [0.05, 0.1) is 7.44 Å². The molecule has 0 heterocycles. The van der Waals surface area contributed by atoms with Gasteiger partial charge in [0.25, 0.3) is 0 Å². The molecule has 0 aliphatic carbocycles. The van der Waals surface area contributed by atoms with Crippen LogP contribution in [0.5, 0.6) is 0 Å². The van der Waals surface area contributed by atoms with E-state index in [0.29, 0.717) is 0 Å². The molecule has 0 rings (SSSR count). The summed E-state index contributed by atoms with van der Waals surface area (Å²) >= 11 is 0. The van der Waals surface area contributed by atoms with Crippen molar-refractivity contribution in [3.05, 3.63) is 0 Å². The quantitative estimate of drug-likeness (QED) is 0.391. The first-order valence-electron chi connectivity index (χ1n) is 1.00. The molecule has 0 saturated carbocycles. The zero-order valence-corrected chi connectivity index (χ0v) is 4.00. The van der Waals surface area contributed by atoms with Gasteiger partial charge >= 0.3 is 63.2 Å². The molecule has 0 aliphatic heterocycles. The molecule has 0 amide bonds. The summed E-state index contributed by atoms with van der Waals surface area (Å²) in [6, 6.07) is 0. The van der Waals surface area contributed by atoms with Crippen molar-refractivity contribution in [1.29, 1.82) is 0 Å². The molecule has 5 heteroatoms. The van der Waals surface area contributed by atoms with Crippen molar-refractivity contribution in [2.24, 2.45) is 0 Å². The van der Waals surface area contributed by atoms with Crippen molar-refractivity contribution in [2.75, 3.05) is 0 Å². The standard InChI is InChI=1S/BH5Si.Ga.GeH4.In.6H/c1-2;;;;;;;;;/h1H2,2H3;;1H4;;;;;;;. The fraction of sp³-hybridized carbons (Fsp3) is 0. The van der Waals surface area contributed by atoms with Gasteiger partial charge < -0.3 is 0 Å². The van der Waals surface area contributed by atoms with E-state index in [9.17, 15) is 0 Å². The molecular formula is H15BGaGeInSi. The molecule has 0 saturated heterocycles. The molecule has 0 atom stereocenters. The van der Waals surface area contributed by atoms with Crippen molar-refractivity contribution in [2.45, 2.75) is 0 Å². The molecule has 0 radical (unpaired) electrons. The average Bonchev–Trinajstić information content (AvgIpc) is 1.00. The maximum absolute atomic E-state index is 2.14. The third-order valence-corrected chi connectivity index (χ3v) is 0. The Hall–Kier alpha value is 2.33. The minimum atomic E-state index is 0. The van der Waals surface area contributed by atoms with E-state index >= 15 is 0 Å². The van der Waals surface area contributed by atoms with Gasteiger partial charge in [-0.25, -0.2) is 0 Å². The molecule has 32 valence electrons. The molecule has 0 aromatic heterocycles. The monoisotopic (exact) mass is 312 g/mol. The van der Waals surface area contributed by atoms with Gasteiger partial charge in [-0.15, -0.1) is 0 Å². The molecular weight excluding hydrogens is 296 g/mol. The second-order valence-corrected chi connectivity index (χ2v) is 0. The van der Waals surface area contributed by atoms with Crippen LogP contribution in [0.2, 0.25) is 0 Å². The van der Waals surface area contributed by atoms with Crippen LogP contribution in [-0.2, 0) is 0 Å². The van der Waals surface area contributed by atoms with Crippen LogP contribution >= 0.6 is 0 Å². The zero-order valence-electron chi connectivity index (χ0n) is 2.00. The Balaban J connectivity index is -0.00000000167. The first-order valence-corrected chi connectivity index (χ1v) is 3.00. The Morgan fingerprint density at radius 1 is 1.20 bits per heavy atom.